The smallest absolute Gasteiger partial charge is 0.188 e. The quantitative estimate of drug-likeness (QED) is 0.200. The highest BCUT2D eigenvalue weighted by Crippen LogP contribution is 2.31. The third-order valence-electron chi connectivity index (χ3n) is 7.17. The first-order valence-electron chi connectivity index (χ1n) is 13.6. The lowest BCUT2D eigenvalue weighted by Gasteiger charge is -2.16. The largest absolute Gasteiger partial charge is 0.452 e. The number of nitrogens with zero attached hydrogens (tertiary/aromatic N) is 1. The molecule has 2 aliphatic rings. The van der Waals surface area contributed by atoms with E-state index in [9.17, 15) is 9.90 Å². The minimum absolute atomic E-state index is 0.00188. The molecule has 0 fully saturated rings. The molecule has 0 radical (unpaired) electrons. The summed E-state index contributed by atoms with van der Waals surface area (Å²) in [4.78, 5) is 17.9. The van der Waals surface area contributed by atoms with Crippen LogP contribution in [0.4, 0.5) is 0 Å². The van der Waals surface area contributed by atoms with Crippen LogP contribution in [0.5, 0.6) is 0 Å². The number of aromatic nitrogens is 1. The monoisotopic (exact) mass is 501 g/mol. The highest BCUT2D eigenvalue weighted by Gasteiger charge is 2.23. The van der Waals surface area contributed by atoms with E-state index in [0.29, 0.717) is 41.7 Å². The van der Waals surface area contributed by atoms with Crippen LogP contribution in [-0.4, -0.2) is 16.2 Å². The second kappa shape index (κ2) is 13.5. The second-order valence-electron chi connectivity index (χ2n) is 10.6. The fourth-order valence-electron chi connectivity index (χ4n) is 4.64. The van der Waals surface area contributed by atoms with Crippen molar-refractivity contribution in [2.24, 2.45) is 0 Å². The number of rotatable bonds is 12. The Hall–Kier alpha value is -2.98. The summed E-state index contributed by atoms with van der Waals surface area (Å²) in [6.07, 6.45) is 13.3. The first-order chi connectivity index (χ1) is 17.7. The highest BCUT2D eigenvalue weighted by atomic mass is 16.3. The maximum atomic E-state index is 13.1. The van der Waals surface area contributed by atoms with E-state index < -0.39 is 6.10 Å². The van der Waals surface area contributed by atoms with E-state index >= 15 is 0 Å². The molecule has 1 N–H and O–H groups in total. The lowest BCUT2D eigenvalue weighted by Crippen LogP contribution is -2.19. The molecule has 4 nitrogen and oxygen atoms in total. The van der Waals surface area contributed by atoms with Crippen molar-refractivity contribution < 1.29 is 9.52 Å². The zero-order chi connectivity index (χ0) is 26.9. The van der Waals surface area contributed by atoms with E-state index in [4.69, 9.17) is 9.40 Å². The summed E-state index contributed by atoms with van der Waals surface area (Å²) in [6.45, 7) is 12.4. The number of hydrogen-bond acceptors (Lipinski definition) is 4. The lowest BCUT2D eigenvalue weighted by molar-refractivity contribution is 0.156. The van der Waals surface area contributed by atoms with Crippen LogP contribution in [0.2, 0.25) is 0 Å². The van der Waals surface area contributed by atoms with E-state index in [1.165, 1.54) is 16.7 Å². The summed E-state index contributed by atoms with van der Waals surface area (Å²) in [7, 11) is 0. The number of fused-ring (bicyclic) bond motifs is 2. The first kappa shape index (κ1) is 28.6. The second-order valence-corrected chi connectivity index (χ2v) is 10.6. The van der Waals surface area contributed by atoms with Crippen molar-refractivity contribution in [3.8, 4) is 11.5 Å². The van der Waals surface area contributed by atoms with Crippen LogP contribution in [0.25, 0.3) is 22.6 Å². The Kier molecular flexibility index (Phi) is 10.5. The van der Waals surface area contributed by atoms with Gasteiger partial charge in [-0.05, 0) is 111 Å². The van der Waals surface area contributed by atoms with Crippen molar-refractivity contribution in [1.29, 1.82) is 0 Å². The molecule has 1 aliphatic carbocycles. The van der Waals surface area contributed by atoms with Crippen molar-refractivity contribution in [3.05, 3.63) is 86.1 Å². The molecule has 1 aromatic rings. The minimum atomic E-state index is -0.467. The number of para-hydroxylation sites is 2. The number of hydrogen-bond donors (Lipinski definition) is 1. The predicted molar refractivity (Wildman–Crippen MR) is 155 cm³/mol. The Bertz CT molecular complexity index is 1320. The molecule has 4 heteroatoms. The van der Waals surface area contributed by atoms with Crippen molar-refractivity contribution >= 4 is 11.1 Å². The van der Waals surface area contributed by atoms with Crippen LogP contribution in [0.3, 0.4) is 0 Å². The molecule has 0 saturated heterocycles. The Balaban J connectivity index is 1.56. The van der Waals surface area contributed by atoms with Gasteiger partial charge >= 0.3 is 0 Å². The van der Waals surface area contributed by atoms with Gasteiger partial charge in [0.2, 0.25) is 0 Å². The molecule has 3 rings (SSSR count). The Morgan fingerprint density at radius 2 is 1.57 bits per heavy atom. The van der Waals surface area contributed by atoms with Crippen LogP contribution in [0, 0.1) is 13.8 Å². The third-order valence-corrected chi connectivity index (χ3v) is 7.17. The van der Waals surface area contributed by atoms with Gasteiger partial charge in [-0.2, -0.15) is 0 Å². The fourth-order valence-corrected chi connectivity index (χ4v) is 4.64. The molecular formula is C33H43NO3. The Labute approximate surface area is 222 Å². The molecule has 0 saturated carbocycles. The molecule has 1 aromatic carbocycles. The SMILES string of the molecule is CC(C)=CCC/C(C)=C/CC/C(C)=C/CC[C@@H](O)CCc1c2oc3ccccc3nc-2c(C)c(C)c1=O. The zero-order valence-electron chi connectivity index (χ0n) is 23.5. The maximum absolute atomic E-state index is 13.1. The minimum Gasteiger partial charge on any atom is -0.452 e. The molecule has 1 aliphatic heterocycles. The molecule has 0 aromatic heterocycles. The first-order valence-corrected chi connectivity index (χ1v) is 13.6. The van der Waals surface area contributed by atoms with Crippen molar-refractivity contribution in [2.75, 3.05) is 0 Å². The average molecular weight is 502 g/mol. The van der Waals surface area contributed by atoms with Gasteiger partial charge in [-0.25, -0.2) is 4.98 Å². The average Bonchev–Trinajstić information content (AvgIpc) is 2.86. The van der Waals surface area contributed by atoms with Gasteiger partial charge in [0.1, 0.15) is 11.2 Å². The van der Waals surface area contributed by atoms with Gasteiger partial charge in [0, 0.05) is 11.1 Å². The van der Waals surface area contributed by atoms with Gasteiger partial charge in [0.15, 0.2) is 16.8 Å². The molecule has 0 unspecified atom stereocenters. The van der Waals surface area contributed by atoms with Gasteiger partial charge in [0.05, 0.1) is 6.10 Å². The number of allylic oxidation sites excluding steroid dienone is 6. The normalized spacial score (nSPS) is 13.4. The molecule has 1 heterocycles. The molecule has 198 valence electrons. The van der Waals surface area contributed by atoms with Crippen molar-refractivity contribution in [1.82, 2.24) is 4.98 Å². The molecule has 0 spiro atoms. The Morgan fingerprint density at radius 1 is 0.919 bits per heavy atom. The molecule has 1 atom stereocenters. The van der Waals surface area contributed by atoms with Gasteiger partial charge in [-0.3, -0.25) is 4.79 Å². The topological polar surface area (TPSA) is 63.3 Å². The van der Waals surface area contributed by atoms with Crippen LogP contribution < -0.4 is 5.43 Å². The van der Waals surface area contributed by atoms with E-state index in [1.54, 1.807) is 0 Å². The van der Waals surface area contributed by atoms with Crippen molar-refractivity contribution in [3.63, 3.8) is 0 Å². The maximum Gasteiger partial charge on any atom is 0.188 e. The highest BCUT2D eigenvalue weighted by molar-refractivity contribution is 5.78. The molecule has 37 heavy (non-hydrogen) atoms. The van der Waals surface area contributed by atoms with E-state index in [-0.39, 0.29) is 5.43 Å². The number of aliphatic hydroxyl groups excluding tert-OH is 1. The van der Waals surface area contributed by atoms with Gasteiger partial charge < -0.3 is 9.52 Å². The summed E-state index contributed by atoms with van der Waals surface area (Å²) in [5.74, 6) is 0.555. The Morgan fingerprint density at radius 3 is 2.27 bits per heavy atom. The van der Waals surface area contributed by atoms with Gasteiger partial charge in [-0.1, -0.05) is 47.1 Å². The molecule has 0 amide bonds. The van der Waals surface area contributed by atoms with E-state index in [0.717, 1.165) is 48.9 Å². The third kappa shape index (κ3) is 8.00. The lowest BCUT2D eigenvalue weighted by atomic mass is 9.94. The zero-order valence-corrected chi connectivity index (χ0v) is 23.5. The summed E-state index contributed by atoms with van der Waals surface area (Å²) in [5.41, 5.74) is 8.55. The number of benzene rings is 2. The summed E-state index contributed by atoms with van der Waals surface area (Å²) in [6, 6.07) is 7.62. The van der Waals surface area contributed by atoms with Crippen LogP contribution in [0.15, 0.2) is 68.4 Å². The van der Waals surface area contributed by atoms with Gasteiger partial charge in [0.25, 0.3) is 0 Å². The molecule has 0 bridgehead atoms. The van der Waals surface area contributed by atoms with Crippen LogP contribution in [-0.2, 0) is 6.42 Å². The number of aliphatic hydroxyl groups is 1. The predicted octanol–water partition coefficient (Wildman–Crippen LogP) is 8.40. The summed E-state index contributed by atoms with van der Waals surface area (Å²) in [5, 5.41) is 10.7. The fraction of sp³-hybridized carbons (Fsp3) is 0.455. The molecular weight excluding hydrogens is 458 g/mol. The standard InChI is InChI=1S/C33H43NO3/c1-22(2)12-9-13-23(3)14-10-15-24(4)16-11-17-27(35)20-21-28-32(36)26(6)25(5)31-33(28)37-30-19-8-7-18-29(30)34-31/h7-8,12,14,16,18-19,27,35H,9-11,13,15,17,20-21H2,1-6H3/b23-14+,24-16+/t27-/m1/s1. The summed E-state index contributed by atoms with van der Waals surface area (Å²) < 4.78 is 6.16. The van der Waals surface area contributed by atoms with Crippen molar-refractivity contribution in [2.45, 2.75) is 99.0 Å². The summed E-state index contributed by atoms with van der Waals surface area (Å²) >= 11 is 0. The van der Waals surface area contributed by atoms with Crippen LogP contribution in [0.1, 0.15) is 89.3 Å². The van der Waals surface area contributed by atoms with Gasteiger partial charge in [-0.15, -0.1) is 0 Å². The van der Waals surface area contributed by atoms with E-state index in [1.807, 2.05) is 38.1 Å². The van der Waals surface area contributed by atoms with Crippen LogP contribution >= 0.6 is 0 Å². The van der Waals surface area contributed by atoms with E-state index in [2.05, 4.69) is 45.9 Å².